The minimum atomic E-state index is -0.500. The maximum absolute atomic E-state index is 12.3. The quantitative estimate of drug-likeness (QED) is 0.441. The van der Waals surface area contributed by atoms with Crippen LogP contribution in [0.15, 0.2) is 52.4 Å². The zero-order valence-corrected chi connectivity index (χ0v) is 16.2. The number of aromatic amines is 1. The van der Waals surface area contributed by atoms with Gasteiger partial charge in [0.1, 0.15) is 11.6 Å². The second-order valence-electron chi connectivity index (χ2n) is 5.20. The summed E-state index contributed by atoms with van der Waals surface area (Å²) in [6.07, 6.45) is 0. The van der Waals surface area contributed by atoms with Crippen LogP contribution in [0, 0.1) is 11.3 Å². The largest absolute Gasteiger partial charge is 0.300 e. The van der Waals surface area contributed by atoms with Gasteiger partial charge in [0.2, 0.25) is 0 Å². The Morgan fingerprint density at radius 2 is 1.73 bits per heavy atom. The summed E-state index contributed by atoms with van der Waals surface area (Å²) in [6, 6.07) is 13.9. The molecule has 2 aromatic carbocycles. The van der Waals surface area contributed by atoms with Crippen molar-refractivity contribution in [3.8, 4) is 17.3 Å². The van der Waals surface area contributed by atoms with Crippen molar-refractivity contribution < 1.29 is 0 Å². The molecule has 0 unspecified atom stereocenters. The van der Waals surface area contributed by atoms with Crippen LogP contribution in [0.4, 0.5) is 0 Å². The van der Waals surface area contributed by atoms with Crippen LogP contribution in [0.5, 0.6) is 0 Å². The molecule has 1 aromatic heterocycles. The first-order valence-electron chi connectivity index (χ1n) is 7.35. The normalized spacial score (nSPS) is 10.5. The summed E-state index contributed by atoms with van der Waals surface area (Å²) in [6.45, 7) is 0. The SMILES string of the molecule is N#Cc1c(-c2ccc(Cl)cc2)nc(SCc2c(Cl)cccc2Cl)[nH]c1=O. The minimum absolute atomic E-state index is 0.0487. The molecule has 4 nitrogen and oxygen atoms in total. The lowest BCUT2D eigenvalue weighted by Gasteiger charge is -2.08. The van der Waals surface area contributed by atoms with Crippen molar-refractivity contribution in [3.05, 3.63) is 79.0 Å². The fourth-order valence-corrected chi connectivity index (χ4v) is 3.98. The van der Waals surface area contributed by atoms with Gasteiger partial charge in [0.15, 0.2) is 5.16 Å². The molecule has 3 rings (SSSR count). The molecule has 0 atom stereocenters. The first-order chi connectivity index (χ1) is 12.5. The minimum Gasteiger partial charge on any atom is -0.300 e. The number of rotatable bonds is 4. The summed E-state index contributed by atoms with van der Waals surface area (Å²) >= 11 is 19.5. The van der Waals surface area contributed by atoms with Gasteiger partial charge in [-0.3, -0.25) is 4.79 Å². The van der Waals surface area contributed by atoms with Gasteiger partial charge in [0.05, 0.1) is 5.69 Å². The topological polar surface area (TPSA) is 69.5 Å². The predicted octanol–water partition coefficient (Wildman–Crippen LogP) is 5.56. The van der Waals surface area contributed by atoms with Crippen molar-refractivity contribution in [2.75, 3.05) is 0 Å². The number of hydrogen-bond donors (Lipinski definition) is 1. The lowest BCUT2D eigenvalue weighted by atomic mass is 10.1. The van der Waals surface area contributed by atoms with E-state index in [1.807, 2.05) is 6.07 Å². The summed E-state index contributed by atoms with van der Waals surface area (Å²) in [5.41, 5.74) is 1.14. The second kappa shape index (κ2) is 8.15. The highest BCUT2D eigenvalue weighted by Gasteiger charge is 2.14. The maximum Gasteiger partial charge on any atom is 0.270 e. The Bertz CT molecular complexity index is 1040. The van der Waals surface area contributed by atoms with E-state index in [9.17, 15) is 10.1 Å². The lowest BCUT2D eigenvalue weighted by molar-refractivity contribution is 0.934. The summed E-state index contributed by atoms with van der Waals surface area (Å²) in [5, 5.41) is 11.3. The van der Waals surface area contributed by atoms with Crippen LogP contribution in [0.25, 0.3) is 11.3 Å². The molecule has 0 saturated carbocycles. The van der Waals surface area contributed by atoms with E-state index in [2.05, 4.69) is 9.97 Å². The molecule has 130 valence electrons. The third-order valence-electron chi connectivity index (χ3n) is 3.54. The number of nitriles is 1. The third kappa shape index (κ3) is 4.05. The van der Waals surface area contributed by atoms with Crippen molar-refractivity contribution in [2.24, 2.45) is 0 Å². The van der Waals surface area contributed by atoms with Gasteiger partial charge in [0.25, 0.3) is 5.56 Å². The fraction of sp³-hybridized carbons (Fsp3) is 0.0556. The van der Waals surface area contributed by atoms with Crippen LogP contribution in [-0.4, -0.2) is 9.97 Å². The van der Waals surface area contributed by atoms with E-state index in [1.54, 1.807) is 42.5 Å². The molecular weight excluding hydrogens is 413 g/mol. The Hall–Kier alpha value is -1.97. The van der Waals surface area contributed by atoms with Gasteiger partial charge >= 0.3 is 0 Å². The van der Waals surface area contributed by atoms with Crippen molar-refractivity contribution in [2.45, 2.75) is 10.9 Å². The number of halogens is 3. The first-order valence-corrected chi connectivity index (χ1v) is 9.47. The van der Waals surface area contributed by atoms with Crippen LogP contribution in [0.2, 0.25) is 15.1 Å². The Morgan fingerprint density at radius 3 is 2.35 bits per heavy atom. The van der Waals surface area contributed by atoms with E-state index in [1.165, 1.54) is 11.8 Å². The Balaban J connectivity index is 1.98. The standard InChI is InChI=1S/C18H10Cl3N3OS/c19-11-6-4-10(5-7-11)16-12(8-22)17(25)24-18(23-16)26-9-13-14(20)2-1-3-15(13)21/h1-7H,9H2,(H,23,24,25). The van der Waals surface area contributed by atoms with E-state index < -0.39 is 5.56 Å². The number of hydrogen-bond acceptors (Lipinski definition) is 4. The van der Waals surface area contributed by atoms with Crippen LogP contribution in [-0.2, 0) is 5.75 Å². The molecule has 0 radical (unpaired) electrons. The van der Waals surface area contributed by atoms with Crippen molar-refractivity contribution >= 4 is 46.6 Å². The molecular formula is C18H10Cl3N3OS. The summed E-state index contributed by atoms with van der Waals surface area (Å²) in [7, 11) is 0. The molecule has 26 heavy (non-hydrogen) atoms. The third-order valence-corrected chi connectivity index (χ3v) is 5.40. The van der Waals surface area contributed by atoms with Crippen molar-refractivity contribution in [1.82, 2.24) is 9.97 Å². The number of thioether (sulfide) groups is 1. The molecule has 1 heterocycles. The summed E-state index contributed by atoms with van der Waals surface area (Å²) < 4.78 is 0. The number of aromatic nitrogens is 2. The van der Waals surface area contributed by atoms with E-state index in [4.69, 9.17) is 34.8 Å². The molecule has 0 amide bonds. The van der Waals surface area contributed by atoms with Crippen LogP contribution in [0.3, 0.4) is 0 Å². The molecule has 1 N–H and O–H groups in total. The summed E-state index contributed by atoms with van der Waals surface area (Å²) in [5.74, 6) is 0.424. The average molecular weight is 423 g/mol. The number of H-pyrrole nitrogens is 1. The monoisotopic (exact) mass is 421 g/mol. The second-order valence-corrected chi connectivity index (χ2v) is 7.42. The Kier molecular flexibility index (Phi) is 5.90. The highest BCUT2D eigenvalue weighted by molar-refractivity contribution is 7.98. The maximum atomic E-state index is 12.3. The van der Waals surface area contributed by atoms with Crippen LogP contribution >= 0.6 is 46.6 Å². The number of nitrogens with zero attached hydrogens (tertiary/aromatic N) is 2. The molecule has 0 aliphatic carbocycles. The molecule has 0 spiro atoms. The van der Waals surface area contributed by atoms with Gasteiger partial charge in [-0.1, -0.05) is 64.8 Å². The fourth-order valence-electron chi connectivity index (χ4n) is 2.25. The van der Waals surface area contributed by atoms with Crippen molar-refractivity contribution in [3.63, 3.8) is 0 Å². The molecule has 0 fully saturated rings. The average Bonchev–Trinajstić information content (AvgIpc) is 2.61. The number of benzene rings is 2. The van der Waals surface area contributed by atoms with Crippen LogP contribution in [0.1, 0.15) is 11.1 Å². The van der Waals surface area contributed by atoms with E-state index in [0.717, 1.165) is 5.56 Å². The zero-order valence-electron chi connectivity index (χ0n) is 13.1. The van der Waals surface area contributed by atoms with E-state index in [0.29, 0.717) is 37.2 Å². The van der Waals surface area contributed by atoms with Crippen LogP contribution < -0.4 is 5.56 Å². The zero-order chi connectivity index (χ0) is 18.7. The lowest BCUT2D eigenvalue weighted by Crippen LogP contribution is -2.14. The van der Waals surface area contributed by atoms with E-state index >= 15 is 0 Å². The smallest absolute Gasteiger partial charge is 0.270 e. The molecule has 8 heteroatoms. The highest BCUT2D eigenvalue weighted by atomic mass is 35.5. The first kappa shape index (κ1) is 18.8. The highest BCUT2D eigenvalue weighted by Crippen LogP contribution is 2.31. The predicted molar refractivity (Wildman–Crippen MR) is 106 cm³/mol. The van der Waals surface area contributed by atoms with Gasteiger partial charge in [-0.15, -0.1) is 0 Å². The van der Waals surface area contributed by atoms with Gasteiger partial charge in [-0.05, 0) is 29.8 Å². The van der Waals surface area contributed by atoms with Gasteiger partial charge in [0, 0.05) is 26.4 Å². The number of nitrogens with one attached hydrogen (secondary N) is 1. The van der Waals surface area contributed by atoms with Gasteiger partial charge < -0.3 is 4.98 Å². The molecule has 0 bridgehead atoms. The molecule has 0 saturated heterocycles. The molecule has 3 aromatic rings. The summed E-state index contributed by atoms with van der Waals surface area (Å²) in [4.78, 5) is 19.3. The Morgan fingerprint density at radius 1 is 1.08 bits per heavy atom. The van der Waals surface area contributed by atoms with Gasteiger partial charge in [-0.25, -0.2) is 4.98 Å². The van der Waals surface area contributed by atoms with Crippen molar-refractivity contribution in [1.29, 1.82) is 5.26 Å². The molecule has 0 aliphatic rings. The van der Waals surface area contributed by atoms with E-state index in [-0.39, 0.29) is 5.56 Å². The van der Waals surface area contributed by atoms with Gasteiger partial charge in [-0.2, -0.15) is 5.26 Å². The molecule has 0 aliphatic heterocycles. The Labute approximate surface area is 168 Å².